The number of carbonyl (C=O) groups is 1. The number of piperazine rings is 1. The summed E-state index contributed by atoms with van der Waals surface area (Å²) in [5, 5.41) is 7.66. The van der Waals surface area contributed by atoms with Gasteiger partial charge in [0.1, 0.15) is 27.4 Å². The molecule has 0 atom stereocenters. The van der Waals surface area contributed by atoms with Gasteiger partial charge in [0.15, 0.2) is 5.11 Å². The average Bonchev–Trinajstić information content (AvgIpc) is 3.06. The molecule has 0 radical (unpaired) electrons. The molecule has 1 amide bonds. The monoisotopic (exact) mass is 683 g/mol. The number of anilines is 6. The summed E-state index contributed by atoms with van der Waals surface area (Å²) >= 11 is 19.5. The Bertz CT molecular complexity index is 1630. The first-order valence-corrected chi connectivity index (χ1v) is 16.3. The molecule has 1 fully saturated rings. The fourth-order valence-corrected chi connectivity index (χ4v) is 6.93. The number of hydrogen-bond donors (Lipinski definition) is 2. The molecule has 0 unspecified atom stereocenters. The number of aromatic nitrogens is 1. The van der Waals surface area contributed by atoms with Gasteiger partial charge in [0.25, 0.3) is 0 Å². The fraction of sp³-hybridized carbons (Fsp3) is 0.364. The van der Waals surface area contributed by atoms with Gasteiger partial charge in [-0.2, -0.15) is 0 Å². The number of ether oxygens (including phenoxy) is 2. The van der Waals surface area contributed by atoms with Crippen molar-refractivity contribution >= 4 is 80.7 Å². The van der Waals surface area contributed by atoms with Gasteiger partial charge in [-0.3, -0.25) is 4.79 Å². The van der Waals surface area contributed by atoms with Crippen LogP contribution in [0.3, 0.4) is 0 Å². The number of fused-ring (bicyclic) bond motifs is 1. The normalized spacial score (nSPS) is 15.0. The molecule has 0 spiro atoms. The molecule has 2 aliphatic rings. The minimum atomic E-state index is -0.289. The largest absolute Gasteiger partial charge is 0.495 e. The van der Waals surface area contributed by atoms with Crippen LogP contribution in [0.2, 0.25) is 10.0 Å². The smallest absolute Gasteiger partial charge is 0.247 e. The van der Waals surface area contributed by atoms with Crippen LogP contribution in [0, 0.1) is 6.92 Å². The molecule has 244 valence electrons. The van der Waals surface area contributed by atoms with Crippen LogP contribution in [0.5, 0.6) is 11.5 Å². The van der Waals surface area contributed by atoms with Gasteiger partial charge in [0, 0.05) is 62.3 Å². The lowest BCUT2D eigenvalue weighted by Crippen LogP contribution is -2.47. The second-order valence-corrected chi connectivity index (χ2v) is 12.1. The Balaban J connectivity index is 1.49. The Morgan fingerprint density at radius 3 is 2.30 bits per heavy atom. The van der Waals surface area contributed by atoms with E-state index in [4.69, 9.17) is 49.9 Å². The van der Waals surface area contributed by atoms with Crippen molar-refractivity contribution in [2.24, 2.45) is 0 Å². The minimum Gasteiger partial charge on any atom is -0.495 e. The predicted molar refractivity (Wildman–Crippen MR) is 193 cm³/mol. The molecule has 10 nitrogen and oxygen atoms in total. The Morgan fingerprint density at radius 2 is 1.72 bits per heavy atom. The third-order valence-electron chi connectivity index (χ3n) is 8.38. The Morgan fingerprint density at radius 1 is 1.04 bits per heavy atom. The second kappa shape index (κ2) is 14.3. The van der Waals surface area contributed by atoms with Crippen LogP contribution in [0.15, 0.2) is 43.1 Å². The fourth-order valence-electron chi connectivity index (χ4n) is 5.84. The van der Waals surface area contributed by atoms with Crippen LogP contribution < -0.4 is 34.8 Å². The molecule has 0 bridgehead atoms. The molecule has 2 aliphatic heterocycles. The Hall–Kier alpha value is -3.77. The summed E-state index contributed by atoms with van der Waals surface area (Å²) in [4.78, 5) is 25.9. The number of likely N-dealkylation sites (N-methyl/N-ethyl adjacent to an activating group) is 1. The molecule has 46 heavy (non-hydrogen) atoms. The molecule has 3 aromatic rings. The van der Waals surface area contributed by atoms with Gasteiger partial charge in [-0.25, -0.2) is 4.98 Å². The molecule has 13 heteroatoms. The lowest BCUT2D eigenvalue weighted by Gasteiger charge is -2.40. The van der Waals surface area contributed by atoms with Crippen molar-refractivity contribution in [1.29, 1.82) is 0 Å². The SMILES string of the molecule is C=CC(=O)Nc1cc(N2CCN(CC)CC2)cc(C)c1Nc1cc2c(cn1)CN(c1c(Cl)c(OC)cc(OC)c1Cl)C(=S)N2CC. The number of halogens is 2. The number of amides is 1. The Labute approximate surface area is 285 Å². The molecule has 2 aromatic carbocycles. The first-order chi connectivity index (χ1) is 22.1. The van der Waals surface area contributed by atoms with Gasteiger partial charge < -0.3 is 39.7 Å². The van der Waals surface area contributed by atoms with Crippen LogP contribution in [0.4, 0.5) is 34.3 Å². The van der Waals surface area contributed by atoms with Crippen LogP contribution >= 0.6 is 35.4 Å². The van der Waals surface area contributed by atoms with E-state index in [1.165, 1.54) is 20.3 Å². The zero-order valence-electron chi connectivity index (χ0n) is 26.7. The van der Waals surface area contributed by atoms with Crippen molar-refractivity contribution in [1.82, 2.24) is 9.88 Å². The van der Waals surface area contributed by atoms with Crippen LogP contribution in [-0.4, -0.2) is 74.4 Å². The van der Waals surface area contributed by atoms with E-state index < -0.39 is 0 Å². The van der Waals surface area contributed by atoms with E-state index in [1.807, 2.05) is 42.0 Å². The molecule has 3 heterocycles. The zero-order chi connectivity index (χ0) is 33.1. The zero-order valence-corrected chi connectivity index (χ0v) is 29.1. The van der Waals surface area contributed by atoms with Gasteiger partial charge in [-0.15, -0.1) is 0 Å². The van der Waals surface area contributed by atoms with Crippen molar-refractivity contribution in [2.45, 2.75) is 27.3 Å². The Kier molecular flexibility index (Phi) is 10.5. The first kappa shape index (κ1) is 33.6. The number of methoxy groups -OCH3 is 2. The molecule has 2 N–H and O–H groups in total. The maximum absolute atomic E-state index is 12.5. The highest BCUT2D eigenvalue weighted by atomic mass is 35.5. The highest BCUT2D eigenvalue weighted by Crippen LogP contribution is 2.48. The molecular weight excluding hydrogens is 645 g/mol. The van der Waals surface area contributed by atoms with Gasteiger partial charge in [0.05, 0.1) is 43.5 Å². The summed E-state index contributed by atoms with van der Waals surface area (Å²) in [5.41, 5.74) is 5.78. The molecule has 1 aromatic heterocycles. The number of nitrogens with one attached hydrogen (secondary N) is 2. The molecule has 0 aliphatic carbocycles. The van der Waals surface area contributed by atoms with Gasteiger partial charge >= 0.3 is 0 Å². The van der Waals surface area contributed by atoms with E-state index >= 15 is 0 Å². The van der Waals surface area contributed by atoms with Crippen LogP contribution in [0.1, 0.15) is 25.0 Å². The summed E-state index contributed by atoms with van der Waals surface area (Å²) in [7, 11) is 3.08. The van der Waals surface area contributed by atoms with E-state index in [1.54, 1.807) is 6.07 Å². The minimum absolute atomic E-state index is 0.289. The average molecular weight is 685 g/mol. The third kappa shape index (κ3) is 6.55. The first-order valence-electron chi connectivity index (χ1n) is 15.1. The van der Waals surface area contributed by atoms with Crippen molar-refractivity contribution < 1.29 is 14.3 Å². The van der Waals surface area contributed by atoms with E-state index in [0.29, 0.717) is 56.9 Å². The molecular formula is C33H39Cl2N7O3S. The summed E-state index contributed by atoms with van der Waals surface area (Å²) in [6.07, 6.45) is 3.08. The highest BCUT2D eigenvalue weighted by molar-refractivity contribution is 7.80. The van der Waals surface area contributed by atoms with Crippen molar-refractivity contribution in [3.8, 4) is 11.5 Å². The highest BCUT2D eigenvalue weighted by Gasteiger charge is 2.33. The summed E-state index contributed by atoms with van der Waals surface area (Å²) in [6.45, 7) is 15.7. The lowest BCUT2D eigenvalue weighted by molar-refractivity contribution is -0.111. The summed E-state index contributed by atoms with van der Waals surface area (Å²) in [5.74, 6) is 1.17. The predicted octanol–water partition coefficient (Wildman–Crippen LogP) is 6.86. The number of pyridine rings is 1. The standard InChI is InChI=1S/C33H39Cl2N7O3S/c1-7-28(43)37-23-15-22(40-12-10-39(8-2)11-13-40)14-20(4)31(23)38-27-16-24-21(18-36-27)19-42(33(46)41(24)9-3)32-29(34)25(44-5)17-26(45-6)30(32)35/h7,14-18H,1,8-13,19H2,2-6H3,(H,36,38)(H,37,43). The van der Waals surface area contributed by atoms with Crippen molar-refractivity contribution in [3.63, 3.8) is 0 Å². The summed E-state index contributed by atoms with van der Waals surface area (Å²) in [6, 6.07) is 7.78. The second-order valence-electron chi connectivity index (χ2n) is 11.0. The lowest BCUT2D eigenvalue weighted by atomic mass is 10.1. The number of benzene rings is 2. The molecule has 5 rings (SSSR count). The number of carbonyl (C=O) groups excluding carboxylic acids is 1. The maximum Gasteiger partial charge on any atom is 0.247 e. The van der Waals surface area contributed by atoms with E-state index in [0.717, 1.165) is 60.9 Å². The van der Waals surface area contributed by atoms with Crippen LogP contribution in [0.25, 0.3) is 0 Å². The topological polar surface area (TPSA) is 85.4 Å². The quantitative estimate of drug-likeness (QED) is 0.175. The number of hydrogen-bond acceptors (Lipinski definition) is 8. The molecule has 1 saturated heterocycles. The summed E-state index contributed by atoms with van der Waals surface area (Å²) < 4.78 is 11.0. The van der Waals surface area contributed by atoms with Crippen molar-refractivity contribution in [2.75, 3.05) is 78.8 Å². The number of rotatable bonds is 10. The number of thiocarbonyl (C=S) groups is 1. The van der Waals surface area contributed by atoms with Gasteiger partial charge in [-0.05, 0) is 56.4 Å². The molecule has 0 saturated carbocycles. The van der Waals surface area contributed by atoms with Crippen LogP contribution in [-0.2, 0) is 11.3 Å². The van der Waals surface area contributed by atoms with Gasteiger partial charge in [0.2, 0.25) is 5.91 Å². The third-order valence-corrected chi connectivity index (χ3v) is 9.55. The van der Waals surface area contributed by atoms with E-state index in [2.05, 4.69) is 40.0 Å². The van der Waals surface area contributed by atoms with E-state index in [-0.39, 0.29) is 5.91 Å². The van der Waals surface area contributed by atoms with E-state index in [9.17, 15) is 4.79 Å². The number of nitrogens with zero attached hydrogens (tertiary/aromatic N) is 5. The maximum atomic E-state index is 12.5. The van der Waals surface area contributed by atoms with Crippen molar-refractivity contribution in [3.05, 3.63) is 64.3 Å². The van der Waals surface area contributed by atoms with Gasteiger partial charge in [-0.1, -0.05) is 36.7 Å². The number of aryl methyl sites for hydroxylation is 1.